The van der Waals surface area contributed by atoms with Gasteiger partial charge in [0.05, 0.1) is 6.10 Å². The average Bonchev–Trinajstić information content (AvgIpc) is 2.95. The maximum Gasteiger partial charge on any atom is 0.248 e. The minimum atomic E-state index is -0.970. The number of amides is 2. The lowest BCUT2D eigenvalue weighted by Gasteiger charge is -2.35. The van der Waals surface area contributed by atoms with Crippen molar-refractivity contribution in [2.45, 2.75) is 44.1 Å². The molecule has 3 N–H and O–H groups in total. The molecular weight excluding hydrogens is 320 g/mol. The minimum absolute atomic E-state index is 0.174. The van der Waals surface area contributed by atoms with Crippen LogP contribution in [-0.2, 0) is 16.1 Å². The largest absolute Gasteiger partial charge is 0.391 e. The molecule has 1 aromatic carbocycles. The number of aliphatic hydroxyl groups excluding tert-OH is 1. The molecule has 0 aromatic heterocycles. The van der Waals surface area contributed by atoms with E-state index in [0.717, 1.165) is 6.07 Å². The summed E-state index contributed by atoms with van der Waals surface area (Å²) < 4.78 is 26.6. The average molecular weight is 339 g/mol. The molecule has 8 heteroatoms. The molecule has 2 aliphatic rings. The zero-order chi connectivity index (χ0) is 17.4. The molecule has 4 atom stereocenters. The van der Waals surface area contributed by atoms with Gasteiger partial charge in [0.25, 0.3) is 0 Å². The van der Waals surface area contributed by atoms with E-state index in [9.17, 15) is 23.5 Å². The van der Waals surface area contributed by atoms with Gasteiger partial charge in [-0.05, 0) is 19.4 Å². The van der Waals surface area contributed by atoms with Crippen LogP contribution in [0.3, 0.4) is 0 Å². The van der Waals surface area contributed by atoms with Crippen molar-refractivity contribution < 1.29 is 23.5 Å². The van der Waals surface area contributed by atoms with Crippen LogP contribution < -0.4 is 10.6 Å². The number of piperazine rings is 1. The molecule has 6 nitrogen and oxygen atoms in total. The number of nitrogens with one attached hydrogen (secondary N) is 2. The quantitative estimate of drug-likeness (QED) is 0.716. The van der Waals surface area contributed by atoms with E-state index < -0.39 is 29.8 Å². The highest BCUT2D eigenvalue weighted by atomic mass is 19.1. The van der Waals surface area contributed by atoms with Crippen LogP contribution in [0.4, 0.5) is 8.78 Å². The maximum atomic E-state index is 13.6. The summed E-state index contributed by atoms with van der Waals surface area (Å²) in [6, 6.07) is 1.68. The Hall–Kier alpha value is -2.06. The van der Waals surface area contributed by atoms with Crippen molar-refractivity contribution in [3.8, 4) is 0 Å². The van der Waals surface area contributed by atoms with Crippen LogP contribution in [0.25, 0.3) is 0 Å². The van der Waals surface area contributed by atoms with Gasteiger partial charge in [0, 0.05) is 30.8 Å². The number of carbonyl (C=O) groups excluding carboxylic acids is 2. The number of hydrogen-bond acceptors (Lipinski definition) is 4. The SMILES string of the molecule is C[C@@H](O)[C@@H]1NC(=O)[C@@H]2C[C@H](NCc3ccc(F)cc3F)CN2C1=O. The maximum absolute atomic E-state index is 13.6. The van der Waals surface area contributed by atoms with Crippen LogP contribution in [0.1, 0.15) is 18.9 Å². The van der Waals surface area contributed by atoms with Crippen molar-refractivity contribution in [3.63, 3.8) is 0 Å². The van der Waals surface area contributed by atoms with Crippen molar-refractivity contribution in [1.82, 2.24) is 15.5 Å². The Morgan fingerprint density at radius 1 is 1.42 bits per heavy atom. The van der Waals surface area contributed by atoms with E-state index in [1.165, 1.54) is 24.0 Å². The smallest absolute Gasteiger partial charge is 0.248 e. The fourth-order valence-corrected chi connectivity index (χ4v) is 3.21. The van der Waals surface area contributed by atoms with Gasteiger partial charge < -0.3 is 20.6 Å². The van der Waals surface area contributed by atoms with E-state index >= 15 is 0 Å². The van der Waals surface area contributed by atoms with Crippen molar-refractivity contribution in [2.24, 2.45) is 0 Å². The van der Waals surface area contributed by atoms with Crippen LogP contribution in [0, 0.1) is 11.6 Å². The monoisotopic (exact) mass is 339 g/mol. The predicted molar refractivity (Wildman–Crippen MR) is 80.7 cm³/mol. The van der Waals surface area contributed by atoms with Gasteiger partial charge in [-0.1, -0.05) is 6.07 Å². The van der Waals surface area contributed by atoms with Gasteiger partial charge in [-0.15, -0.1) is 0 Å². The molecule has 2 aliphatic heterocycles. The second-order valence-corrected chi connectivity index (χ2v) is 6.28. The number of aliphatic hydroxyl groups is 1. The Balaban J connectivity index is 1.64. The Morgan fingerprint density at radius 2 is 2.17 bits per heavy atom. The van der Waals surface area contributed by atoms with Crippen LogP contribution >= 0.6 is 0 Å². The van der Waals surface area contributed by atoms with Gasteiger partial charge in [0.1, 0.15) is 23.7 Å². The second-order valence-electron chi connectivity index (χ2n) is 6.28. The van der Waals surface area contributed by atoms with Crippen LogP contribution in [0.2, 0.25) is 0 Å². The van der Waals surface area contributed by atoms with Crippen LogP contribution in [0.15, 0.2) is 18.2 Å². The number of carbonyl (C=O) groups is 2. The first-order valence-electron chi connectivity index (χ1n) is 7.83. The fourth-order valence-electron chi connectivity index (χ4n) is 3.21. The molecule has 0 bridgehead atoms. The van der Waals surface area contributed by atoms with Gasteiger partial charge in [-0.2, -0.15) is 0 Å². The lowest BCUT2D eigenvalue weighted by atomic mass is 10.0. The Morgan fingerprint density at radius 3 is 2.83 bits per heavy atom. The third-order valence-electron chi connectivity index (χ3n) is 4.53. The summed E-state index contributed by atoms with van der Waals surface area (Å²) in [5, 5.41) is 15.2. The highest BCUT2D eigenvalue weighted by Gasteiger charge is 2.47. The first-order valence-corrected chi connectivity index (χ1v) is 7.83. The van der Waals surface area contributed by atoms with E-state index in [0.29, 0.717) is 18.5 Å². The molecule has 0 unspecified atom stereocenters. The number of hydrogen-bond donors (Lipinski definition) is 3. The Labute approximate surface area is 137 Å². The fraction of sp³-hybridized carbons (Fsp3) is 0.500. The number of halogens is 2. The summed E-state index contributed by atoms with van der Waals surface area (Å²) in [4.78, 5) is 25.9. The number of benzene rings is 1. The second kappa shape index (κ2) is 6.45. The van der Waals surface area contributed by atoms with Gasteiger partial charge >= 0.3 is 0 Å². The molecule has 2 amide bonds. The van der Waals surface area contributed by atoms with Gasteiger partial charge in [-0.25, -0.2) is 8.78 Å². The molecule has 3 rings (SSSR count). The first kappa shape index (κ1) is 16.8. The third-order valence-corrected chi connectivity index (χ3v) is 4.53. The molecule has 0 saturated carbocycles. The highest BCUT2D eigenvalue weighted by molar-refractivity contribution is 5.97. The molecule has 1 aromatic rings. The molecule has 0 spiro atoms. The summed E-state index contributed by atoms with van der Waals surface area (Å²) >= 11 is 0. The van der Waals surface area contributed by atoms with Crippen molar-refractivity contribution in [3.05, 3.63) is 35.4 Å². The topological polar surface area (TPSA) is 81.7 Å². The molecular formula is C16H19F2N3O3. The van der Waals surface area contributed by atoms with Gasteiger partial charge in [0.2, 0.25) is 11.8 Å². The Kier molecular flexibility index (Phi) is 4.51. The molecule has 0 radical (unpaired) electrons. The molecule has 2 saturated heterocycles. The van der Waals surface area contributed by atoms with Crippen LogP contribution in [0.5, 0.6) is 0 Å². The first-order chi connectivity index (χ1) is 11.4. The van der Waals surface area contributed by atoms with E-state index in [2.05, 4.69) is 10.6 Å². The zero-order valence-corrected chi connectivity index (χ0v) is 13.1. The van der Waals surface area contributed by atoms with Gasteiger partial charge in [-0.3, -0.25) is 9.59 Å². The molecule has 2 heterocycles. The molecule has 130 valence electrons. The van der Waals surface area contributed by atoms with E-state index in [1.54, 1.807) is 0 Å². The summed E-state index contributed by atoms with van der Waals surface area (Å²) in [5.74, 6) is -1.88. The minimum Gasteiger partial charge on any atom is -0.391 e. The van der Waals surface area contributed by atoms with Crippen molar-refractivity contribution in [1.29, 1.82) is 0 Å². The zero-order valence-electron chi connectivity index (χ0n) is 13.1. The van der Waals surface area contributed by atoms with Crippen molar-refractivity contribution >= 4 is 11.8 Å². The summed E-state index contributed by atoms with van der Waals surface area (Å²) in [6.45, 7) is 1.93. The normalized spacial score (nSPS) is 27.8. The van der Waals surface area contributed by atoms with Gasteiger partial charge in [0.15, 0.2) is 0 Å². The molecule has 2 fully saturated rings. The molecule has 24 heavy (non-hydrogen) atoms. The summed E-state index contributed by atoms with van der Waals surface area (Å²) in [6.07, 6.45) is -0.560. The van der Waals surface area contributed by atoms with E-state index in [1.807, 2.05) is 0 Å². The predicted octanol–water partition coefficient (Wildman–Crippen LogP) is -0.0969. The number of fused-ring (bicyclic) bond motifs is 1. The lowest BCUT2D eigenvalue weighted by molar-refractivity contribution is -0.149. The number of nitrogens with zero attached hydrogens (tertiary/aromatic N) is 1. The van der Waals surface area contributed by atoms with Crippen LogP contribution in [-0.4, -0.2) is 52.6 Å². The highest BCUT2D eigenvalue weighted by Crippen LogP contribution is 2.24. The number of rotatable bonds is 4. The standard InChI is InChI=1S/C16H19F2N3O3/c1-8(22)14-16(24)21-7-11(5-13(21)15(23)20-14)19-6-9-2-3-10(17)4-12(9)18/h2-4,8,11,13-14,19,22H,5-7H2,1H3,(H,20,23)/t8-,11+,13+,14+/m1/s1. The summed E-state index contributed by atoms with van der Waals surface area (Å²) in [5.41, 5.74) is 0.318. The summed E-state index contributed by atoms with van der Waals surface area (Å²) in [7, 11) is 0. The lowest BCUT2D eigenvalue weighted by Crippen LogP contribution is -2.64. The van der Waals surface area contributed by atoms with E-state index in [4.69, 9.17) is 0 Å². The molecule has 0 aliphatic carbocycles. The van der Waals surface area contributed by atoms with Crippen molar-refractivity contribution in [2.75, 3.05) is 6.54 Å². The van der Waals surface area contributed by atoms with E-state index in [-0.39, 0.29) is 24.4 Å². The Bertz CT molecular complexity index is 668. The third kappa shape index (κ3) is 3.11.